The standard InChI is InChI=1S/C22H26N4O/c1-15(2)12-17-8-10-18(11-9-17)16(3)22(27)24-20-7-5-6-19(13-20)21-25-23-14-26(21)4/h5-11,13-16H,12H2,1-4H3,(H,24,27). The van der Waals surface area contributed by atoms with E-state index in [4.69, 9.17) is 0 Å². The van der Waals surface area contributed by atoms with E-state index < -0.39 is 0 Å². The average Bonchev–Trinajstić information content (AvgIpc) is 3.07. The first kappa shape index (κ1) is 18.8. The van der Waals surface area contributed by atoms with Crippen molar-refractivity contribution < 1.29 is 4.79 Å². The van der Waals surface area contributed by atoms with Crippen LogP contribution in [0.1, 0.15) is 37.8 Å². The van der Waals surface area contributed by atoms with E-state index in [1.807, 2.05) is 42.8 Å². The third-order valence-corrected chi connectivity index (χ3v) is 4.62. The van der Waals surface area contributed by atoms with Gasteiger partial charge in [-0.2, -0.15) is 0 Å². The fourth-order valence-corrected chi connectivity index (χ4v) is 3.10. The lowest BCUT2D eigenvalue weighted by Gasteiger charge is -2.14. The Labute approximate surface area is 160 Å². The van der Waals surface area contributed by atoms with Crippen LogP contribution in [0.5, 0.6) is 0 Å². The molecule has 1 aromatic heterocycles. The third kappa shape index (κ3) is 4.61. The number of nitrogens with one attached hydrogen (secondary N) is 1. The number of rotatable bonds is 6. The molecule has 1 heterocycles. The molecule has 140 valence electrons. The predicted octanol–water partition coefficient (Wildman–Crippen LogP) is 4.42. The Morgan fingerprint density at radius 1 is 1.11 bits per heavy atom. The monoisotopic (exact) mass is 362 g/mol. The fourth-order valence-electron chi connectivity index (χ4n) is 3.10. The molecule has 0 bridgehead atoms. The average molecular weight is 362 g/mol. The molecule has 0 radical (unpaired) electrons. The van der Waals surface area contributed by atoms with Crippen molar-refractivity contribution in [3.8, 4) is 11.4 Å². The van der Waals surface area contributed by atoms with Crippen LogP contribution in [-0.4, -0.2) is 20.7 Å². The van der Waals surface area contributed by atoms with Crippen molar-refractivity contribution in [3.05, 3.63) is 66.0 Å². The summed E-state index contributed by atoms with van der Waals surface area (Å²) in [6.45, 7) is 6.34. The van der Waals surface area contributed by atoms with E-state index in [1.54, 1.807) is 6.33 Å². The Bertz CT molecular complexity index is 912. The van der Waals surface area contributed by atoms with Gasteiger partial charge in [0.2, 0.25) is 5.91 Å². The number of aryl methyl sites for hydroxylation is 1. The molecule has 0 saturated heterocycles. The zero-order valence-corrected chi connectivity index (χ0v) is 16.3. The molecule has 3 rings (SSSR count). The van der Waals surface area contributed by atoms with Crippen LogP contribution in [0, 0.1) is 5.92 Å². The largest absolute Gasteiger partial charge is 0.326 e. The first-order chi connectivity index (χ1) is 12.9. The van der Waals surface area contributed by atoms with E-state index in [0.717, 1.165) is 29.1 Å². The second kappa shape index (κ2) is 8.16. The molecule has 0 spiro atoms. The smallest absolute Gasteiger partial charge is 0.231 e. The predicted molar refractivity (Wildman–Crippen MR) is 108 cm³/mol. The van der Waals surface area contributed by atoms with E-state index in [2.05, 4.69) is 53.6 Å². The van der Waals surface area contributed by atoms with Gasteiger partial charge in [0.25, 0.3) is 0 Å². The zero-order chi connectivity index (χ0) is 19.4. The van der Waals surface area contributed by atoms with Crippen LogP contribution in [0.3, 0.4) is 0 Å². The van der Waals surface area contributed by atoms with Gasteiger partial charge in [0.05, 0.1) is 5.92 Å². The Kier molecular flexibility index (Phi) is 5.69. The molecule has 5 heteroatoms. The lowest BCUT2D eigenvalue weighted by atomic mass is 9.96. The molecule has 1 unspecified atom stereocenters. The third-order valence-electron chi connectivity index (χ3n) is 4.62. The minimum atomic E-state index is -0.225. The number of nitrogens with zero attached hydrogens (tertiary/aromatic N) is 3. The van der Waals surface area contributed by atoms with Gasteiger partial charge in [-0.1, -0.05) is 50.2 Å². The van der Waals surface area contributed by atoms with Crippen LogP contribution in [0.4, 0.5) is 5.69 Å². The maximum absolute atomic E-state index is 12.7. The van der Waals surface area contributed by atoms with Crippen molar-refractivity contribution in [2.75, 3.05) is 5.32 Å². The van der Waals surface area contributed by atoms with Crippen molar-refractivity contribution in [1.29, 1.82) is 0 Å². The number of hydrogen-bond donors (Lipinski definition) is 1. The van der Waals surface area contributed by atoms with Gasteiger partial charge in [0.1, 0.15) is 6.33 Å². The van der Waals surface area contributed by atoms with Gasteiger partial charge in [0.15, 0.2) is 5.82 Å². The van der Waals surface area contributed by atoms with Crippen molar-refractivity contribution in [2.45, 2.75) is 33.1 Å². The number of carbonyl (C=O) groups excluding carboxylic acids is 1. The van der Waals surface area contributed by atoms with Crippen LogP contribution in [0.25, 0.3) is 11.4 Å². The van der Waals surface area contributed by atoms with Crippen LogP contribution in [0.2, 0.25) is 0 Å². The first-order valence-corrected chi connectivity index (χ1v) is 9.28. The Morgan fingerprint density at radius 3 is 2.48 bits per heavy atom. The van der Waals surface area contributed by atoms with Crippen LogP contribution in [0.15, 0.2) is 54.9 Å². The van der Waals surface area contributed by atoms with Gasteiger partial charge in [-0.3, -0.25) is 4.79 Å². The molecule has 0 aliphatic rings. The van der Waals surface area contributed by atoms with Gasteiger partial charge < -0.3 is 9.88 Å². The van der Waals surface area contributed by atoms with Crippen molar-refractivity contribution in [3.63, 3.8) is 0 Å². The first-order valence-electron chi connectivity index (χ1n) is 9.28. The quantitative estimate of drug-likeness (QED) is 0.706. The van der Waals surface area contributed by atoms with Crippen LogP contribution >= 0.6 is 0 Å². The maximum Gasteiger partial charge on any atom is 0.231 e. The highest BCUT2D eigenvalue weighted by Gasteiger charge is 2.16. The van der Waals surface area contributed by atoms with Crippen molar-refractivity contribution in [1.82, 2.24) is 14.8 Å². The minimum Gasteiger partial charge on any atom is -0.326 e. The molecule has 2 aromatic carbocycles. The normalized spacial score (nSPS) is 12.2. The fraction of sp³-hybridized carbons (Fsp3) is 0.318. The Balaban J connectivity index is 1.70. The molecular weight excluding hydrogens is 336 g/mol. The van der Waals surface area contributed by atoms with Gasteiger partial charge >= 0.3 is 0 Å². The summed E-state index contributed by atoms with van der Waals surface area (Å²) in [7, 11) is 1.89. The summed E-state index contributed by atoms with van der Waals surface area (Å²) in [6.07, 6.45) is 2.71. The molecule has 1 amide bonds. The number of amides is 1. The summed E-state index contributed by atoms with van der Waals surface area (Å²) >= 11 is 0. The molecule has 27 heavy (non-hydrogen) atoms. The van der Waals surface area contributed by atoms with Gasteiger partial charge in [0, 0.05) is 18.3 Å². The molecule has 5 nitrogen and oxygen atoms in total. The van der Waals surface area contributed by atoms with E-state index in [-0.39, 0.29) is 11.8 Å². The highest BCUT2D eigenvalue weighted by Crippen LogP contribution is 2.23. The number of anilines is 1. The van der Waals surface area contributed by atoms with Crippen molar-refractivity contribution in [2.24, 2.45) is 13.0 Å². The van der Waals surface area contributed by atoms with Crippen LogP contribution < -0.4 is 5.32 Å². The van der Waals surface area contributed by atoms with E-state index in [1.165, 1.54) is 5.56 Å². The summed E-state index contributed by atoms with van der Waals surface area (Å²) in [5.74, 6) is 1.14. The summed E-state index contributed by atoms with van der Waals surface area (Å²) in [4.78, 5) is 12.7. The molecule has 1 atom stereocenters. The second-order valence-corrected chi connectivity index (χ2v) is 7.40. The molecular formula is C22H26N4O. The van der Waals surface area contributed by atoms with E-state index in [9.17, 15) is 4.79 Å². The van der Waals surface area contributed by atoms with Crippen molar-refractivity contribution >= 4 is 11.6 Å². The summed E-state index contributed by atoms with van der Waals surface area (Å²) in [6, 6.07) is 16.0. The molecule has 0 aliphatic heterocycles. The minimum absolute atomic E-state index is 0.0262. The van der Waals surface area contributed by atoms with E-state index in [0.29, 0.717) is 5.92 Å². The molecule has 0 fully saturated rings. The van der Waals surface area contributed by atoms with Crippen LogP contribution in [-0.2, 0) is 18.3 Å². The summed E-state index contributed by atoms with van der Waals surface area (Å²) in [5.41, 5.74) is 3.99. The number of hydrogen-bond acceptors (Lipinski definition) is 3. The topological polar surface area (TPSA) is 59.8 Å². The van der Waals surface area contributed by atoms with Gasteiger partial charge in [-0.15, -0.1) is 10.2 Å². The Hall–Kier alpha value is -2.95. The van der Waals surface area contributed by atoms with Gasteiger partial charge in [-0.25, -0.2) is 0 Å². The summed E-state index contributed by atoms with van der Waals surface area (Å²) in [5, 5.41) is 11.0. The zero-order valence-electron chi connectivity index (χ0n) is 16.3. The Morgan fingerprint density at radius 2 is 1.85 bits per heavy atom. The number of aromatic nitrogens is 3. The highest BCUT2D eigenvalue weighted by molar-refractivity contribution is 5.96. The second-order valence-electron chi connectivity index (χ2n) is 7.40. The molecule has 1 N–H and O–H groups in total. The molecule has 0 aliphatic carbocycles. The highest BCUT2D eigenvalue weighted by atomic mass is 16.1. The number of carbonyl (C=O) groups is 1. The lowest BCUT2D eigenvalue weighted by molar-refractivity contribution is -0.117. The lowest BCUT2D eigenvalue weighted by Crippen LogP contribution is -2.18. The number of benzene rings is 2. The molecule has 3 aromatic rings. The van der Waals surface area contributed by atoms with Gasteiger partial charge in [-0.05, 0) is 42.5 Å². The summed E-state index contributed by atoms with van der Waals surface area (Å²) < 4.78 is 1.85. The maximum atomic E-state index is 12.7. The molecule has 0 saturated carbocycles. The SMILES string of the molecule is CC(C)Cc1ccc(C(C)C(=O)Nc2cccc(-c3nncn3C)c2)cc1. The van der Waals surface area contributed by atoms with E-state index >= 15 is 0 Å².